The SMILES string of the molecule is COc1cc(/C=C/C(=O)O[C@H]2[C@@H]3C=CO[C@@H](O[C@H]4O[C@@H](CO)[C@H](O)[C@@H](O)[C@@H]4O)[C@@H]3[C@@]3(CO)O[C@@H]23)ccc1O. The zero-order chi connectivity index (χ0) is 27.2. The quantitative estimate of drug-likeness (QED) is 0.126. The number of esters is 1. The number of carbonyl (C=O) groups excluding carboxylic acids is 1. The molecule has 5 rings (SSSR count). The summed E-state index contributed by atoms with van der Waals surface area (Å²) in [7, 11) is 1.41. The van der Waals surface area contributed by atoms with Crippen molar-refractivity contribution in [3.8, 4) is 11.5 Å². The van der Waals surface area contributed by atoms with Gasteiger partial charge in [0.25, 0.3) is 0 Å². The number of carbonyl (C=O) groups is 1. The molecule has 3 heterocycles. The summed E-state index contributed by atoms with van der Waals surface area (Å²) >= 11 is 0. The second kappa shape index (κ2) is 10.4. The highest BCUT2D eigenvalue weighted by atomic mass is 16.8. The van der Waals surface area contributed by atoms with E-state index in [4.69, 9.17) is 28.4 Å². The molecule has 13 heteroatoms. The molecule has 1 aromatic rings. The van der Waals surface area contributed by atoms with Gasteiger partial charge in [0.1, 0.15) is 42.2 Å². The molecule has 3 fully saturated rings. The van der Waals surface area contributed by atoms with Gasteiger partial charge in [-0.15, -0.1) is 0 Å². The van der Waals surface area contributed by atoms with E-state index in [2.05, 4.69) is 0 Å². The van der Waals surface area contributed by atoms with E-state index in [1.165, 1.54) is 31.6 Å². The molecule has 4 aliphatic rings. The minimum Gasteiger partial charge on any atom is -0.504 e. The van der Waals surface area contributed by atoms with Gasteiger partial charge in [-0.1, -0.05) is 6.07 Å². The number of methoxy groups -OCH3 is 1. The summed E-state index contributed by atoms with van der Waals surface area (Å²) in [6.07, 6.45) is -4.38. The van der Waals surface area contributed by atoms with E-state index in [0.717, 1.165) is 0 Å². The maximum absolute atomic E-state index is 12.7. The Morgan fingerprint density at radius 1 is 1.13 bits per heavy atom. The fourth-order valence-corrected chi connectivity index (χ4v) is 5.42. The molecule has 6 N–H and O–H groups in total. The molecule has 38 heavy (non-hydrogen) atoms. The number of hydrogen-bond donors (Lipinski definition) is 6. The zero-order valence-corrected chi connectivity index (χ0v) is 20.3. The van der Waals surface area contributed by atoms with E-state index < -0.39 is 85.8 Å². The van der Waals surface area contributed by atoms with E-state index in [9.17, 15) is 35.4 Å². The first-order chi connectivity index (χ1) is 18.2. The Morgan fingerprint density at radius 3 is 2.63 bits per heavy atom. The Kier molecular flexibility index (Phi) is 7.37. The van der Waals surface area contributed by atoms with Crippen LogP contribution in [-0.4, -0.2) is 112 Å². The Labute approximate surface area is 217 Å². The van der Waals surface area contributed by atoms with Crippen LogP contribution in [0, 0.1) is 11.8 Å². The Hall–Kier alpha value is -2.75. The van der Waals surface area contributed by atoms with Gasteiger partial charge in [0, 0.05) is 12.0 Å². The summed E-state index contributed by atoms with van der Waals surface area (Å²) in [5, 5.41) is 59.8. The molecule has 1 saturated carbocycles. The van der Waals surface area contributed by atoms with Crippen LogP contribution in [0.4, 0.5) is 0 Å². The van der Waals surface area contributed by atoms with Crippen molar-refractivity contribution < 1.29 is 63.9 Å². The molecule has 1 aromatic carbocycles. The van der Waals surface area contributed by atoms with Crippen LogP contribution in [0.2, 0.25) is 0 Å². The first-order valence-electron chi connectivity index (χ1n) is 12.1. The first-order valence-corrected chi connectivity index (χ1v) is 12.1. The molecule has 1 aliphatic carbocycles. The lowest BCUT2D eigenvalue weighted by Crippen LogP contribution is -2.60. The fraction of sp³-hybridized carbons (Fsp3) is 0.560. The fourth-order valence-electron chi connectivity index (χ4n) is 5.42. The summed E-state index contributed by atoms with van der Waals surface area (Å²) in [5.74, 6) is -1.64. The summed E-state index contributed by atoms with van der Waals surface area (Å²) in [5.41, 5.74) is -0.556. The highest BCUT2D eigenvalue weighted by Gasteiger charge is 2.77. The standard InChI is InChI=1S/C25H30O13/c1-33-14-8-11(2-4-13(14)28)3-5-16(29)36-21-12-6-7-34-23(17(12)25(10-27)22(21)38-25)37-24-20(32)19(31)18(30)15(9-26)35-24/h2-8,12,15,17-24,26-28,30-32H,9-10H2,1H3/b5-3+/t12-,15+,17-,18+,19-,20+,21+,22+,23+,24-,25-/m1/s1. The van der Waals surface area contributed by atoms with E-state index in [1.54, 1.807) is 18.2 Å². The predicted molar refractivity (Wildman–Crippen MR) is 124 cm³/mol. The zero-order valence-electron chi connectivity index (χ0n) is 20.3. The Balaban J connectivity index is 1.29. The monoisotopic (exact) mass is 538 g/mol. The molecular weight excluding hydrogens is 508 g/mol. The maximum atomic E-state index is 12.7. The molecule has 13 nitrogen and oxygen atoms in total. The van der Waals surface area contributed by atoms with Crippen molar-refractivity contribution in [2.75, 3.05) is 20.3 Å². The van der Waals surface area contributed by atoms with Gasteiger partial charge < -0.3 is 59.1 Å². The third kappa shape index (κ3) is 4.54. The van der Waals surface area contributed by atoms with Gasteiger partial charge in [-0.05, 0) is 29.8 Å². The average Bonchev–Trinajstić information content (AvgIpc) is 3.60. The topological polar surface area (TPSA) is 197 Å². The largest absolute Gasteiger partial charge is 0.504 e. The molecule has 0 aromatic heterocycles. The molecule has 0 bridgehead atoms. The van der Waals surface area contributed by atoms with Gasteiger partial charge in [0.2, 0.25) is 6.29 Å². The van der Waals surface area contributed by atoms with Crippen LogP contribution in [0.25, 0.3) is 6.08 Å². The van der Waals surface area contributed by atoms with E-state index in [-0.39, 0.29) is 11.5 Å². The van der Waals surface area contributed by atoms with Crippen molar-refractivity contribution in [3.63, 3.8) is 0 Å². The lowest BCUT2D eigenvalue weighted by molar-refractivity contribution is -0.344. The maximum Gasteiger partial charge on any atom is 0.331 e. The number of phenolic OH excluding ortho intramolecular Hbond substituents is 1. The van der Waals surface area contributed by atoms with E-state index >= 15 is 0 Å². The van der Waals surface area contributed by atoms with Gasteiger partial charge in [0.15, 0.2) is 17.8 Å². The molecule has 11 atom stereocenters. The second-order valence-corrected chi connectivity index (χ2v) is 9.59. The second-order valence-electron chi connectivity index (χ2n) is 9.59. The van der Waals surface area contributed by atoms with Crippen molar-refractivity contribution in [2.24, 2.45) is 11.8 Å². The first kappa shape index (κ1) is 26.8. The Morgan fingerprint density at radius 2 is 1.92 bits per heavy atom. The number of benzene rings is 1. The molecule has 0 spiro atoms. The van der Waals surface area contributed by atoms with Crippen LogP contribution in [0.15, 0.2) is 36.6 Å². The molecule has 0 amide bonds. The van der Waals surface area contributed by atoms with E-state index in [1.807, 2.05) is 0 Å². The van der Waals surface area contributed by atoms with Gasteiger partial charge >= 0.3 is 5.97 Å². The van der Waals surface area contributed by atoms with E-state index in [0.29, 0.717) is 5.56 Å². The lowest BCUT2D eigenvalue weighted by atomic mass is 9.85. The summed E-state index contributed by atoms with van der Waals surface area (Å²) in [4.78, 5) is 12.7. The van der Waals surface area contributed by atoms with Crippen molar-refractivity contribution in [2.45, 2.75) is 54.8 Å². The van der Waals surface area contributed by atoms with Crippen LogP contribution < -0.4 is 4.74 Å². The normalized spacial score (nSPS) is 41.3. The third-order valence-corrected chi connectivity index (χ3v) is 7.47. The number of rotatable bonds is 8. The van der Waals surface area contributed by atoms with Gasteiger partial charge in [-0.2, -0.15) is 0 Å². The minimum atomic E-state index is -1.65. The van der Waals surface area contributed by atoms with Gasteiger partial charge in [-0.25, -0.2) is 4.79 Å². The number of hydrogen-bond acceptors (Lipinski definition) is 13. The number of aromatic hydroxyl groups is 1. The number of fused-ring (bicyclic) bond motifs is 3. The number of aliphatic hydroxyl groups is 5. The Bertz CT molecular complexity index is 1090. The van der Waals surface area contributed by atoms with Crippen LogP contribution >= 0.6 is 0 Å². The van der Waals surface area contributed by atoms with Crippen molar-refractivity contribution in [1.29, 1.82) is 0 Å². The minimum absolute atomic E-state index is 0.0396. The number of epoxide rings is 1. The highest BCUT2D eigenvalue weighted by Crippen LogP contribution is 2.60. The van der Waals surface area contributed by atoms with Crippen LogP contribution in [0.1, 0.15) is 5.56 Å². The van der Waals surface area contributed by atoms with Crippen molar-refractivity contribution >= 4 is 12.0 Å². The summed E-state index contributed by atoms with van der Waals surface area (Å²) < 4.78 is 33.4. The molecule has 2 saturated heterocycles. The van der Waals surface area contributed by atoms with Crippen LogP contribution in [0.5, 0.6) is 11.5 Å². The van der Waals surface area contributed by atoms with Gasteiger partial charge in [0.05, 0.1) is 32.5 Å². The molecule has 208 valence electrons. The molecule has 0 unspecified atom stereocenters. The lowest BCUT2D eigenvalue weighted by Gasteiger charge is -2.43. The summed E-state index contributed by atoms with van der Waals surface area (Å²) in [6.45, 7) is -1.06. The third-order valence-electron chi connectivity index (χ3n) is 7.47. The smallest absolute Gasteiger partial charge is 0.331 e. The van der Waals surface area contributed by atoms with Crippen molar-refractivity contribution in [3.05, 3.63) is 42.2 Å². The van der Waals surface area contributed by atoms with Crippen LogP contribution in [-0.2, 0) is 28.5 Å². The number of aliphatic hydroxyl groups excluding tert-OH is 5. The van der Waals surface area contributed by atoms with Crippen LogP contribution in [0.3, 0.4) is 0 Å². The average molecular weight is 539 g/mol. The van der Waals surface area contributed by atoms with Crippen molar-refractivity contribution in [1.82, 2.24) is 0 Å². The van der Waals surface area contributed by atoms with Gasteiger partial charge in [-0.3, -0.25) is 0 Å². The molecular formula is C25H30O13. The molecule has 3 aliphatic heterocycles. The summed E-state index contributed by atoms with van der Waals surface area (Å²) in [6, 6.07) is 4.57. The number of ether oxygens (including phenoxy) is 6. The molecule has 0 radical (unpaired) electrons. The number of phenols is 1. The highest BCUT2D eigenvalue weighted by molar-refractivity contribution is 5.87. The predicted octanol–water partition coefficient (Wildman–Crippen LogP) is -1.61.